The lowest BCUT2D eigenvalue weighted by molar-refractivity contribution is -0.109. The third kappa shape index (κ3) is 7.22. The van der Waals surface area contributed by atoms with E-state index in [1.165, 1.54) is 5.56 Å². The Bertz CT molecular complexity index is 925. The van der Waals surface area contributed by atoms with E-state index in [2.05, 4.69) is 37.9 Å². The van der Waals surface area contributed by atoms with Crippen LogP contribution in [0.5, 0.6) is 11.5 Å². The van der Waals surface area contributed by atoms with Gasteiger partial charge < -0.3 is 33.4 Å². The van der Waals surface area contributed by atoms with Crippen molar-refractivity contribution >= 4 is 6.29 Å². The van der Waals surface area contributed by atoms with Crippen LogP contribution in [0.1, 0.15) is 52.5 Å². The summed E-state index contributed by atoms with van der Waals surface area (Å²) in [6.45, 7) is 11.4. The Labute approximate surface area is 223 Å². The minimum absolute atomic E-state index is 0.0278. The number of carbonyl (C=O) groups is 1. The van der Waals surface area contributed by atoms with E-state index in [-0.39, 0.29) is 17.3 Å². The van der Waals surface area contributed by atoms with E-state index in [1.54, 1.807) is 21.3 Å². The molecule has 2 unspecified atom stereocenters. The smallest absolute Gasteiger partial charge is 0.199 e. The van der Waals surface area contributed by atoms with Gasteiger partial charge in [0.25, 0.3) is 0 Å². The predicted molar refractivity (Wildman–Crippen MR) is 147 cm³/mol. The van der Waals surface area contributed by atoms with Gasteiger partial charge in [-0.05, 0) is 76.4 Å². The fourth-order valence-electron chi connectivity index (χ4n) is 5.52. The van der Waals surface area contributed by atoms with E-state index >= 15 is 0 Å². The second-order valence-corrected chi connectivity index (χ2v) is 9.81. The summed E-state index contributed by atoms with van der Waals surface area (Å²) < 4.78 is 28.8. The quantitative estimate of drug-likeness (QED) is 0.248. The Kier molecular flexibility index (Phi) is 12.3. The van der Waals surface area contributed by atoms with Gasteiger partial charge in [0.2, 0.25) is 0 Å². The highest BCUT2D eigenvalue weighted by Gasteiger charge is 2.49. The van der Waals surface area contributed by atoms with Crippen LogP contribution in [0.15, 0.2) is 41.6 Å². The number of carbonyl (C=O) groups excluding carboxylic acids is 1. The Morgan fingerprint density at radius 3 is 2.27 bits per heavy atom. The van der Waals surface area contributed by atoms with Crippen LogP contribution in [0.25, 0.3) is 0 Å². The lowest BCUT2D eigenvalue weighted by Crippen LogP contribution is -2.42. The average Bonchev–Trinajstić information content (AvgIpc) is 2.89. The maximum absolute atomic E-state index is 11.7. The lowest BCUT2D eigenvalue weighted by atomic mass is 9.60. The molecule has 0 aliphatic heterocycles. The maximum Gasteiger partial charge on any atom is 0.199 e. The number of hydrogen-bond acceptors (Lipinski definition) is 7. The first-order chi connectivity index (χ1) is 17.8. The Morgan fingerprint density at radius 1 is 1.00 bits per heavy atom. The first-order valence-electron chi connectivity index (χ1n) is 13.4. The lowest BCUT2D eigenvalue weighted by Gasteiger charge is -2.46. The van der Waals surface area contributed by atoms with Gasteiger partial charge in [0.15, 0.2) is 23.0 Å². The minimum Gasteiger partial charge on any atom is -0.496 e. The van der Waals surface area contributed by atoms with Crippen LogP contribution in [-0.2, 0) is 25.4 Å². The third-order valence-electron chi connectivity index (χ3n) is 7.40. The molecular weight excluding hydrogens is 470 g/mol. The molecule has 0 aromatic heterocycles. The molecule has 37 heavy (non-hydrogen) atoms. The van der Waals surface area contributed by atoms with Crippen LogP contribution in [0.3, 0.4) is 0 Å². The van der Waals surface area contributed by atoms with Gasteiger partial charge in [-0.2, -0.15) is 0 Å². The summed E-state index contributed by atoms with van der Waals surface area (Å²) in [6, 6.07) is 6.20. The predicted octanol–water partition coefficient (Wildman–Crippen LogP) is 5.63. The number of aldehydes is 1. The van der Waals surface area contributed by atoms with Crippen LogP contribution >= 0.6 is 0 Å². The Hall–Kier alpha value is -2.67. The molecule has 1 aromatic rings. The molecule has 1 aliphatic carbocycles. The number of allylic oxidation sites excluding steroid dienone is 2. The Morgan fingerprint density at radius 2 is 1.70 bits per heavy atom. The minimum atomic E-state index is -0.356. The molecule has 208 valence electrons. The normalized spacial score (nSPS) is 19.6. The van der Waals surface area contributed by atoms with Crippen LogP contribution in [0.2, 0.25) is 0 Å². The number of nitrogens with zero attached hydrogens (tertiary/aromatic N) is 1. The van der Waals surface area contributed by atoms with E-state index in [0.717, 1.165) is 55.9 Å². The number of ether oxygens (including phenoxy) is 5. The molecule has 7 heteroatoms. The van der Waals surface area contributed by atoms with Gasteiger partial charge in [0, 0.05) is 24.3 Å². The molecule has 1 aliphatic rings. The van der Waals surface area contributed by atoms with Crippen LogP contribution < -0.4 is 9.47 Å². The van der Waals surface area contributed by atoms with E-state index in [4.69, 9.17) is 23.7 Å². The van der Waals surface area contributed by atoms with Crippen molar-refractivity contribution < 1.29 is 28.5 Å². The fourth-order valence-corrected chi connectivity index (χ4v) is 5.52. The van der Waals surface area contributed by atoms with Gasteiger partial charge in [-0.1, -0.05) is 19.9 Å². The highest BCUT2D eigenvalue weighted by molar-refractivity contribution is 5.52. The maximum atomic E-state index is 11.7. The molecular formula is C30H47NO6. The van der Waals surface area contributed by atoms with Crippen molar-refractivity contribution in [1.82, 2.24) is 4.90 Å². The van der Waals surface area contributed by atoms with Crippen LogP contribution in [0.4, 0.5) is 0 Å². The van der Waals surface area contributed by atoms with Crippen molar-refractivity contribution in [3.63, 3.8) is 0 Å². The summed E-state index contributed by atoms with van der Waals surface area (Å²) in [6.07, 6.45) is 6.19. The number of methoxy groups -OCH3 is 3. The van der Waals surface area contributed by atoms with Gasteiger partial charge in [-0.15, -0.1) is 0 Å². The number of benzene rings is 1. The monoisotopic (exact) mass is 517 g/mol. The Balaban J connectivity index is 2.13. The molecule has 2 atom stereocenters. The van der Waals surface area contributed by atoms with Gasteiger partial charge in [0.1, 0.15) is 12.0 Å². The zero-order chi connectivity index (χ0) is 27.4. The molecule has 0 amide bonds. The fraction of sp³-hybridized carbons (Fsp3) is 0.633. The standard InChI is InChI=1S/C30H47NO6/c1-9-36-25-13-12-23(20-26(25)37-10-2)14-18-31(5)17-11-16-30(22(3)4)24(15-19-32)21-27(33-6)28(34-7)29(30)35-8/h12-13,19-22,24H,9-11,14-18H2,1-8H3. The second kappa shape index (κ2) is 14.9. The summed E-state index contributed by atoms with van der Waals surface area (Å²) in [5, 5.41) is 0. The molecule has 2 rings (SSSR count). The van der Waals surface area contributed by atoms with Crippen LogP contribution in [0, 0.1) is 17.3 Å². The largest absolute Gasteiger partial charge is 0.496 e. The molecule has 0 radical (unpaired) electrons. The molecule has 0 heterocycles. The topological polar surface area (TPSA) is 66.5 Å². The first-order valence-corrected chi connectivity index (χ1v) is 13.4. The molecule has 7 nitrogen and oxygen atoms in total. The third-order valence-corrected chi connectivity index (χ3v) is 7.40. The zero-order valence-corrected chi connectivity index (χ0v) is 24.1. The molecule has 0 saturated carbocycles. The van der Waals surface area contributed by atoms with Crippen molar-refractivity contribution in [2.75, 3.05) is 54.7 Å². The SMILES string of the molecule is CCOc1ccc(CCN(C)CCCC2(C(C)C)C(OC)=C(OC)C(OC)=CC2CC=O)cc1OCC. The highest BCUT2D eigenvalue weighted by Crippen LogP contribution is 2.53. The summed E-state index contributed by atoms with van der Waals surface area (Å²) in [7, 11) is 7.09. The van der Waals surface area contributed by atoms with Gasteiger partial charge in [-0.25, -0.2) is 0 Å². The van der Waals surface area contributed by atoms with Gasteiger partial charge in [0.05, 0.1) is 34.5 Å². The van der Waals surface area contributed by atoms with E-state index in [0.29, 0.717) is 31.2 Å². The second-order valence-electron chi connectivity index (χ2n) is 9.81. The van der Waals surface area contributed by atoms with E-state index < -0.39 is 0 Å². The summed E-state index contributed by atoms with van der Waals surface area (Å²) in [5.41, 5.74) is 0.869. The molecule has 1 aromatic carbocycles. The van der Waals surface area contributed by atoms with Crippen LogP contribution in [-0.4, -0.2) is 65.9 Å². The average molecular weight is 518 g/mol. The zero-order valence-electron chi connectivity index (χ0n) is 24.1. The van der Waals surface area contributed by atoms with E-state index in [9.17, 15) is 4.79 Å². The number of rotatable bonds is 17. The van der Waals surface area contributed by atoms with Crippen molar-refractivity contribution in [2.24, 2.45) is 17.3 Å². The molecule has 0 N–H and O–H groups in total. The summed E-state index contributed by atoms with van der Waals surface area (Å²) in [4.78, 5) is 14.0. The van der Waals surface area contributed by atoms with Crippen molar-refractivity contribution in [3.8, 4) is 11.5 Å². The first kappa shape index (κ1) is 30.6. The summed E-state index contributed by atoms with van der Waals surface area (Å²) >= 11 is 0. The summed E-state index contributed by atoms with van der Waals surface area (Å²) in [5.74, 6) is 3.82. The van der Waals surface area contributed by atoms with Gasteiger partial charge in [-0.3, -0.25) is 0 Å². The van der Waals surface area contributed by atoms with E-state index in [1.807, 2.05) is 26.0 Å². The molecule has 0 fully saturated rings. The molecule has 0 spiro atoms. The number of likely N-dealkylation sites (N-methyl/N-ethyl adjacent to an activating group) is 1. The number of hydrogen-bond donors (Lipinski definition) is 0. The van der Waals surface area contributed by atoms with Crippen molar-refractivity contribution in [3.05, 3.63) is 47.1 Å². The molecule has 0 bridgehead atoms. The van der Waals surface area contributed by atoms with Crippen molar-refractivity contribution in [2.45, 2.75) is 53.4 Å². The van der Waals surface area contributed by atoms with Crippen molar-refractivity contribution in [1.29, 1.82) is 0 Å². The highest BCUT2D eigenvalue weighted by atomic mass is 16.5. The molecule has 0 saturated heterocycles. The van der Waals surface area contributed by atoms with Gasteiger partial charge >= 0.3 is 0 Å².